The lowest BCUT2D eigenvalue weighted by atomic mass is 10.2. The molecular formula is C22H23N5O7. The number of carbonyl (C=O) groups is 3. The molecule has 4 N–H and O–H groups in total. The largest absolute Gasteiger partial charge is 0.464 e. The van der Waals surface area contributed by atoms with Crippen molar-refractivity contribution < 1.29 is 34.1 Å². The van der Waals surface area contributed by atoms with Crippen LogP contribution in [0, 0.1) is 0 Å². The number of rotatable bonds is 6. The Kier molecular flexibility index (Phi) is 6.90. The fourth-order valence-electron chi connectivity index (χ4n) is 3.53. The maximum absolute atomic E-state index is 12.5. The molecule has 1 fully saturated rings. The Morgan fingerprint density at radius 3 is 2.62 bits per heavy atom. The van der Waals surface area contributed by atoms with Crippen LogP contribution in [0.1, 0.15) is 0 Å². The van der Waals surface area contributed by atoms with Gasteiger partial charge in [0.15, 0.2) is 0 Å². The van der Waals surface area contributed by atoms with Crippen LogP contribution in [0.2, 0.25) is 0 Å². The molecule has 1 aliphatic heterocycles. The van der Waals surface area contributed by atoms with Gasteiger partial charge in [0.25, 0.3) is 0 Å². The molecule has 0 aliphatic carbocycles. The number of pyridine rings is 1. The lowest BCUT2D eigenvalue weighted by Gasteiger charge is -2.30. The van der Waals surface area contributed by atoms with Crippen molar-refractivity contribution in [1.29, 1.82) is 0 Å². The van der Waals surface area contributed by atoms with Crippen molar-refractivity contribution in [3.05, 3.63) is 48.8 Å². The zero-order valence-electron chi connectivity index (χ0n) is 18.0. The van der Waals surface area contributed by atoms with Crippen LogP contribution in [0.5, 0.6) is 11.5 Å². The zero-order chi connectivity index (χ0) is 24.1. The zero-order valence-corrected chi connectivity index (χ0v) is 18.0. The fraction of sp³-hybridized carbons (Fsp3) is 0.273. The highest BCUT2D eigenvalue weighted by Crippen LogP contribution is 2.27. The predicted molar refractivity (Wildman–Crippen MR) is 120 cm³/mol. The highest BCUT2D eigenvalue weighted by molar-refractivity contribution is 5.93. The van der Waals surface area contributed by atoms with E-state index in [4.69, 9.17) is 9.47 Å². The highest BCUT2D eigenvalue weighted by Gasteiger charge is 2.26. The maximum atomic E-state index is 12.5. The van der Waals surface area contributed by atoms with Gasteiger partial charge >= 0.3 is 12.1 Å². The molecule has 1 aliphatic rings. The van der Waals surface area contributed by atoms with Gasteiger partial charge in [0.05, 0.1) is 25.3 Å². The summed E-state index contributed by atoms with van der Waals surface area (Å²) < 4.78 is 12.1. The van der Waals surface area contributed by atoms with Gasteiger partial charge in [-0.15, -0.1) is 0 Å². The number of benzene rings is 1. The molecule has 178 valence electrons. The first-order chi connectivity index (χ1) is 16.4. The van der Waals surface area contributed by atoms with Crippen molar-refractivity contribution in [2.24, 2.45) is 0 Å². The highest BCUT2D eigenvalue weighted by atomic mass is 16.5. The number of ether oxygens (including phenoxy) is 2. The van der Waals surface area contributed by atoms with Crippen LogP contribution in [-0.2, 0) is 9.53 Å². The van der Waals surface area contributed by atoms with Gasteiger partial charge in [0.2, 0.25) is 5.91 Å². The molecule has 1 saturated heterocycles. The number of nitrogens with zero attached hydrogens (tertiary/aromatic N) is 3. The summed E-state index contributed by atoms with van der Waals surface area (Å²) in [6.07, 6.45) is 1.81. The second kappa shape index (κ2) is 10.2. The molecule has 34 heavy (non-hydrogen) atoms. The number of fused-ring (bicyclic) bond motifs is 1. The second-order valence-corrected chi connectivity index (χ2v) is 7.44. The Hall–Kier alpha value is -4.16. The van der Waals surface area contributed by atoms with Crippen LogP contribution in [0.25, 0.3) is 10.9 Å². The van der Waals surface area contributed by atoms with Gasteiger partial charge in [-0.1, -0.05) is 0 Å². The summed E-state index contributed by atoms with van der Waals surface area (Å²) in [7, 11) is 0. The number of aliphatic hydroxyl groups is 1. The van der Waals surface area contributed by atoms with Crippen LogP contribution in [0.3, 0.4) is 0 Å². The molecule has 0 radical (unpaired) electrons. The molecule has 0 spiro atoms. The number of carbonyl (C=O) groups excluding carboxylic acids is 2. The van der Waals surface area contributed by atoms with Crippen LogP contribution >= 0.6 is 0 Å². The van der Waals surface area contributed by atoms with Crippen LogP contribution in [0.15, 0.2) is 48.8 Å². The number of urea groups is 1. The Morgan fingerprint density at radius 2 is 1.88 bits per heavy atom. The van der Waals surface area contributed by atoms with Crippen LogP contribution in [0.4, 0.5) is 15.4 Å². The van der Waals surface area contributed by atoms with Gasteiger partial charge in [-0.2, -0.15) is 0 Å². The standard InChI is InChI=1S/C22H23N5O7/c28-13-17(20(29)26-7-9-33-10-8-26)24-21(30)25-19-12-16(3-5-23-19)34-15-1-2-18-14(11-15)4-6-27(18)22(31)32/h1-6,11-12,17,28H,7-10,13H2,(H,31,32)(H2,23,24,25,30)/t17-/m0/s1. The summed E-state index contributed by atoms with van der Waals surface area (Å²) in [6, 6.07) is 7.90. The van der Waals surface area contributed by atoms with E-state index >= 15 is 0 Å². The quantitative estimate of drug-likeness (QED) is 0.425. The Labute approximate surface area is 193 Å². The molecule has 3 aromatic rings. The molecule has 3 heterocycles. The third-order valence-electron chi connectivity index (χ3n) is 5.19. The first-order valence-corrected chi connectivity index (χ1v) is 10.5. The summed E-state index contributed by atoms with van der Waals surface area (Å²) >= 11 is 0. The smallest absolute Gasteiger partial charge is 0.415 e. The number of aromatic nitrogens is 2. The number of morpholine rings is 1. The summed E-state index contributed by atoms with van der Waals surface area (Å²) in [5.41, 5.74) is 0.527. The molecule has 1 atom stereocenters. The van der Waals surface area contributed by atoms with Crippen LogP contribution in [-0.4, -0.2) is 81.6 Å². The minimum absolute atomic E-state index is 0.170. The van der Waals surface area contributed by atoms with E-state index in [1.54, 1.807) is 30.3 Å². The topological polar surface area (TPSA) is 155 Å². The first kappa shape index (κ1) is 23.0. The van der Waals surface area contributed by atoms with E-state index in [0.717, 1.165) is 4.57 Å². The predicted octanol–water partition coefficient (Wildman–Crippen LogP) is 1.70. The lowest BCUT2D eigenvalue weighted by Crippen LogP contribution is -2.54. The van der Waals surface area contributed by atoms with E-state index in [1.165, 1.54) is 23.4 Å². The number of aliphatic hydroxyl groups excluding tert-OH is 1. The summed E-state index contributed by atoms with van der Waals surface area (Å²) in [5, 5.41) is 24.4. The molecular weight excluding hydrogens is 446 g/mol. The van der Waals surface area contributed by atoms with Gasteiger partial charge in [-0.3, -0.25) is 14.7 Å². The summed E-state index contributed by atoms with van der Waals surface area (Å²) in [4.78, 5) is 41.7. The van der Waals surface area contributed by atoms with Gasteiger partial charge in [-0.25, -0.2) is 14.6 Å². The minimum atomic E-state index is -1.10. The average Bonchev–Trinajstić information content (AvgIpc) is 3.26. The average molecular weight is 469 g/mol. The Balaban J connectivity index is 1.39. The van der Waals surface area contributed by atoms with Crippen molar-refractivity contribution >= 4 is 34.8 Å². The summed E-state index contributed by atoms with van der Waals surface area (Å²) in [6.45, 7) is 1.06. The number of nitrogens with one attached hydrogen (secondary N) is 2. The van der Waals surface area contributed by atoms with E-state index < -0.39 is 30.7 Å². The van der Waals surface area contributed by atoms with Gasteiger partial charge in [0, 0.05) is 36.9 Å². The van der Waals surface area contributed by atoms with E-state index in [1.807, 2.05) is 0 Å². The third-order valence-corrected chi connectivity index (χ3v) is 5.19. The molecule has 2 aromatic heterocycles. The van der Waals surface area contributed by atoms with Crippen molar-refractivity contribution in [2.45, 2.75) is 6.04 Å². The summed E-state index contributed by atoms with van der Waals surface area (Å²) in [5.74, 6) is 0.626. The van der Waals surface area contributed by atoms with Gasteiger partial charge < -0.3 is 29.9 Å². The number of amides is 3. The number of hydrogen-bond donors (Lipinski definition) is 4. The Bertz CT molecular complexity index is 1210. The molecule has 4 rings (SSSR count). The van der Waals surface area contributed by atoms with Crippen LogP contribution < -0.4 is 15.4 Å². The minimum Gasteiger partial charge on any atom is -0.464 e. The SMILES string of the molecule is O=C(Nc1cc(Oc2ccc3c(ccn3C(=O)O)c2)ccn1)N[C@@H](CO)C(=O)N1CCOCC1. The second-order valence-electron chi connectivity index (χ2n) is 7.44. The molecule has 0 unspecified atom stereocenters. The van der Waals surface area contributed by atoms with E-state index in [9.17, 15) is 24.6 Å². The molecule has 12 nitrogen and oxygen atoms in total. The molecule has 0 bridgehead atoms. The van der Waals surface area contributed by atoms with Crippen molar-refractivity contribution in [3.63, 3.8) is 0 Å². The van der Waals surface area contributed by atoms with Crippen molar-refractivity contribution in [1.82, 2.24) is 19.8 Å². The molecule has 0 saturated carbocycles. The third kappa shape index (κ3) is 5.24. The fourth-order valence-corrected chi connectivity index (χ4v) is 3.53. The molecule has 12 heteroatoms. The monoisotopic (exact) mass is 469 g/mol. The normalized spacial score (nSPS) is 14.4. The van der Waals surface area contributed by atoms with E-state index in [-0.39, 0.29) is 5.82 Å². The lowest BCUT2D eigenvalue weighted by molar-refractivity contribution is -0.138. The number of hydrogen-bond acceptors (Lipinski definition) is 7. The molecule has 3 amide bonds. The number of anilines is 1. The maximum Gasteiger partial charge on any atom is 0.415 e. The van der Waals surface area contributed by atoms with Crippen molar-refractivity contribution in [3.8, 4) is 11.5 Å². The van der Waals surface area contributed by atoms with Crippen molar-refractivity contribution in [2.75, 3.05) is 38.2 Å². The number of carboxylic acid groups (broad SMARTS) is 1. The van der Waals surface area contributed by atoms with Gasteiger partial charge in [-0.05, 0) is 30.3 Å². The first-order valence-electron chi connectivity index (χ1n) is 10.5. The molecule has 1 aromatic carbocycles. The van der Waals surface area contributed by atoms with Gasteiger partial charge in [0.1, 0.15) is 23.4 Å². The van der Waals surface area contributed by atoms with E-state index in [2.05, 4.69) is 15.6 Å². The Morgan fingerprint density at radius 1 is 1.12 bits per heavy atom. The van der Waals surface area contributed by atoms with E-state index in [0.29, 0.717) is 48.7 Å².